The highest BCUT2D eigenvalue weighted by Gasteiger charge is 2.12. The number of aromatic nitrogens is 1. The molecule has 3 rings (SSSR count). The lowest BCUT2D eigenvalue weighted by atomic mass is 10.1. The minimum Gasteiger partial charge on any atom is -0.493 e. The number of anilines is 2. The van der Waals surface area contributed by atoms with Crippen LogP contribution in [-0.4, -0.2) is 43.3 Å². The fraction of sp³-hybridized carbons (Fsp3) is 0.261. The lowest BCUT2D eigenvalue weighted by Gasteiger charge is -2.21. The highest BCUT2D eigenvalue weighted by Crippen LogP contribution is 2.33. The molecule has 2 aromatic carbocycles. The van der Waals surface area contributed by atoms with Gasteiger partial charge in [-0.15, -0.1) is 11.3 Å². The number of rotatable bonds is 8. The molecule has 1 heterocycles. The van der Waals surface area contributed by atoms with Crippen molar-refractivity contribution in [1.29, 1.82) is 0 Å². The van der Waals surface area contributed by atoms with Crippen LogP contribution in [0.3, 0.4) is 0 Å². The molecule has 0 aliphatic carbocycles. The van der Waals surface area contributed by atoms with E-state index < -0.39 is 0 Å². The van der Waals surface area contributed by atoms with Gasteiger partial charge in [-0.25, -0.2) is 4.98 Å². The Labute approximate surface area is 197 Å². The van der Waals surface area contributed by atoms with Crippen LogP contribution in [0, 0.1) is 0 Å². The molecule has 0 radical (unpaired) electrons. The molecule has 0 atom stereocenters. The second-order valence-electron chi connectivity index (χ2n) is 6.74. The highest BCUT2D eigenvalue weighted by molar-refractivity contribution is 7.80. The van der Waals surface area contributed by atoms with E-state index in [4.69, 9.17) is 21.7 Å². The van der Waals surface area contributed by atoms with Crippen LogP contribution < -0.4 is 25.0 Å². The topological polar surface area (TPSA) is 75.7 Å². The summed E-state index contributed by atoms with van der Waals surface area (Å²) in [6.07, 6.45) is 0. The zero-order chi connectivity index (χ0) is 23.1. The molecule has 0 unspecified atom stereocenters. The van der Waals surface area contributed by atoms with Crippen LogP contribution in [0.2, 0.25) is 0 Å². The average Bonchev–Trinajstić information content (AvgIpc) is 3.28. The van der Waals surface area contributed by atoms with Crippen molar-refractivity contribution in [2.45, 2.75) is 13.8 Å². The van der Waals surface area contributed by atoms with Crippen molar-refractivity contribution < 1.29 is 14.3 Å². The van der Waals surface area contributed by atoms with Gasteiger partial charge in [0, 0.05) is 35.3 Å². The van der Waals surface area contributed by atoms with Gasteiger partial charge in [-0.2, -0.15) is 0 Å². The number of amides is 1. The molecule has 3 aromatic rings. The van der Waals surface area contributed by atoms with Crippen molar-refractivity contribution in [3.8, 4) is 22.8 Å². The normalized spacial score (nSPS) is 10.4. The van der Waals surface area contributed by atoms with E-state index in [1.54, 1.807) is 26.4 Å². The monoisotopic (exact) mass is 470 g/mol. The van der Waals surface area contributed by atoms with Crippen LogP contribution >= 0.6 is 23.6 Å². The van der Waals surface area contributed by atoms with Gasteiger partial charge in [-0.3, -0.25) is 10.1 Å². The third kappa shape index (κ3) is 5.54. The predicted molar refractivity (Wildman–Crippen MR) is 134 cm³/mol. The molecule has 32 heavy (non-hydrogen) atoms. The summed E-state index contributed by atoms with van der Waals surface area (Å²) in [5, 5.41) is 8.35. The van der Waals surface area contributed by atoms with Crippen LogP contribution in [0.4, 0.5) is 10.8 Å². The number of nitrogens with zero attached hydrogens (tertiary/aromatic N) is 2. The van der Waals surface area contributed by atoms with Gasteiger partial charge >= 0.3 is 0 Å². The number of carbonyl (C=O) groups excluding carboxylic acids is 1. The summed E-state index contributed by atoms with van der Waals surface area (Å²) < 4.78 is 10.6. The number of thiazole rings is 1. The minimum atomic E-state index is -0.273. The average molecular weight is 471 g/mol. The maximum Gasteiger partial charge on any atom is 0.257 e. The minimum absolute atomic E-state index is 0.191. The number of hydrogen-bond donors (Lipinski definition) is 2. The number of nitrogens with one attached hydrogen (secondary N) is 2. The molecule has 0 saturated carbocycles. The number of methoxy groups -OCH3 is 2. The largest absolute Gasteiger partial charge is 0.493 e. The van der Waals surface area contributed by atoms with Crippen molar-refractivity contribution in [2.75, 3.05) is 37.5 Å². The van der Waals surface area contributed by atoms with Crippen LogP contribution in [0.15, 0.2) is 47.8 Å². The number of hydrogen-bond acceptors (Lipinski definition) is 7. The Bertz CT molecular complexity index is 1080. The summed E-state index contributed by atoms with van der Waals surface area (Å²) in [4.78, 5) is 19.3. The van der Waals surface area contributed by atoms with Crippen LogP contribution in [0.1, 0.15) is 24.2 Å². The molecule has 168 valence electrons. The van der Waals surface area contributed by atoms with Gasteiger partial charge in [0.2, 0.25) is 0 Å². The van der Waals surface area contributed by atoms with Gasteiger partial charge in [-0.05, 0) is 68.5 Å². The van der Waals surface area contributed by atoms with Crippen molar-refractivity contribution >= 4 is 45.4 Å². The first-order chi connectivity index (χ1) is 15.5. The summed E-state index contributed by atoms with van der Waals surface area (Å²) in [5.41, 5.74) is 3.27. The van der Waals surface area contributed by atoms with Crippen molar-refractivity contribution in [1.82, 2.24) is 10.3 Å². The van der Waals surface area contributed by atoms with Gasteiger partial charge in [0.05, 0.1) is 19.9 Å². The van der Waals surface area contributed by atoms with Crippen LogP contribution in [-0.2, 0) is 0 Å². The quantitative estimate of drug-likeness (QED) is 0.458. The van der Waals surface area contributed by atoms with Crippen LogP contribution in [0.25, 0.3) is 11.3 Å². The Kier molecular flexibility index (Phi) is 8.02. The zero-order valence-electron chi connectivity index (χ0n) is 18.5. The summed E-state index contributed by atoms with van der Waals surface area (Å²) >= 11 is 6.68. The van der Waals surface area contributed by atoms with E-state index in [1.807, 2.05) is 35.7 Å². The first-order valence-electron chi connectivity index (χ1n) is 10.1. The summed E-state index contributed by atoms with van der Waals surface area (Å²) in [7, 11) is 3.19. The Hall–Kier alpha value is -3.17. The molecular formula is C23H26N4O3S2. The second-order valence-corrected chi connectivity index (χ2v) is 8.00. The molecule has 1 amide bonds. The fourth-order valence-electron chi connectivity index (χ4n) is 3.18. The maximum atomic E-state index is 12.5. The Morgan fingerprint density at radius 3 is 2.38 bits per heavy atom. The van der Waals surface area contributed by atoms with Gasteiger partial charge < -0.3 is 19.7 Å². The molecule has 0 saturated heterocycles. The van der Waals surface area contributed by atoms with Crippen molar-refractivity contribution in [2.24, 2.45) is 0 Å². The van der Waals surface area contributed by atoms with Crippen LogP contribution in [0.5, 0.6) is 11.5 Å². The summed E-state index contributed by atoms with van der Waals surface area (Å²) in [6.45, 7) is 6.02. The number of thiocarbonyl (C=S) groups is 1. The van der Waals surface area contributed by atoms with E-state index in [0.717, 1.165) is 30.0 Å². The predicted octanol–water partition coefficient (Wildman–Crippen LogP) is 4.80. The van der Waals surface area contributed by atoms with Crippen molar-refractivity contribution in [3.63, 3.8) is 0 Å². The zero-order valence-corrected chi connectivity index (χ0v) is 20.1. The van der Waals surface area contributed by atoms with Gasteiger partial charge in [0.15, 0.2) is 21.7 Å². The lowest BCUT2D eigenvalue weighted by Crippen LogP contribution is -2.34. The first-order valence-corrected chi connectivity index (χ1v) is 11.4. The van der Waals surface area contributed by atoms with E-state index in [-0.39, 0.29) is 11.0 Å². The molecule has 2 N–H and O–H groups in total. The third-order valence-corrected chi connectivity index (χ3v) is 5.85. The van der Waals surface area contributed by atoms with Crippen molar-refractivity contribution in [3.05, 3.63) is 53.4 Å². The third-order valence-electron chi connectivity index (χ3n) is 4.89. The fourth-order valence-corrected chi connectivity index (χ4v) is 4.15. The SMILES string of the molecule is CCN(CC)c1ccc(C(=O)NC(=S)Nc2nc(-c3ccc(OC)c(OC)c3)cs2)cc1. The molecule has 0 aliphatic rings. The van der Waals surface area contributed by atoms with E-state index in [9.17, 15) is 4.79 Å². The second kappa shape index (κ2) is 10.9. The van der Waals surface area contributed by atoms with E-state index in [0.29, 0.717) is 22.2 Å². The Balaban J connectivity index is 1.62. The molecule has 1 aromatic heterocycles. The number of ether oxygens (including phenoxy) is 2. The maximum absolute atomic E-state index is 12.5. The van der Waals surface area contributed by atoms with E-state index in [1.165, 1.54) is 11.3 Å². The van der Waals surface area contributed by atoms with Gasteiger partial charge in [0.25, 0.3) is 5.91 Å². The molecule has 9 heteroatoms. The first kappa shape index (κ1) is 23.5. The molecule has 0 fully saturated rings. The molecule has 7 nitrogen and oxygen atoms in total. The highest BCUT2D eigenvalue weighted by atomic mass is 32.1. The smallest absolute Gasteiger partial charge is 0.257 e. The molecule has 0 aliphatic heterocycles. The van der Waals surface area contributed by atoms with E-state index >= 15 is 0 Å². The Morgan fingerprint density at radius 2 is 1.75 bits per heavy atom. The van der Waals surface area contributed by atoms with Gasteiger partial charge in [0.1, 0.15) is 0 Å². The number of benzene rings is 2. The summed E-state index contributed by atoms with van der Waals surface area (Å²) in [6, 6.07) is 13.1. The molecule has 0 spiro atoms. The van der Waals surface area contributed by atoms with Gasteiger partial charge in [-0.1, -0.05) is 0 Å². The molecular weight excluding hydrogens is 444 g/mol. The lowest BCUT2D eigenvalue weighted by molar-refractivity contribution is 0.0977. The summed E-state index contributed by atoms with van der Waals surface area (Å²) in [5.74, 6) is 1.01. The Morgan fingerprint density at radius 1 is 1.06 bits per heavy atom. The standard InChI is InChI=1S/C23H26N4O3S2/c1-5-27(6-2)17-10-7-15(8-11-17)21(28)25-22(31)26-23-24-18(14-32-23)16-9-12-19(29-3)20(13-16)30-4/h7-14H,5-6H2,1-4H3,(H2,24,25,26,28,31). The number of carbonyl (C=O) groups is 1. The molecule has 0 bridgehead atoms. The van der Waals surface area contributed by atoms with E-state index in [2.05, 4.69) is 34.4 Å².